The minimum atomic E-state index is -0.546. The number of nitrogens with zero attached hydrogens (tertiary/aromatic N) is 5. The molecule has 0 bridgehead atoms. The van der Waals surface area contributed by atoms with Crippen LogP contribution in [0.25, 0.3) is 16.9 Å². The average molecular weight is 299 g/mol. The summed E-state index contributed by atoms with van der Waals surface area (Å²) in [5, 5.41) is 8.37. The molecule has 0 unspecified atom stereocenters. The second-order valence-corrected chi connectivity index (χ2v) is 5.17. The molecule has 3 aromatic rings. The Morgan fingerprint density at radius 2 is 2.00 bits per heavy atom. The molecular formula is C13H13N7O2. The Bertz CT molecular complexity index is 949. The van der Waals surface area contributed by atoms with Gasteiger partial charge in [0.2, 0.25) is 0 Å². The Morgan fingerprint density at radius 1 is 1.18 bits per heavy atom. The highest BCUT2D eigenvalue weighted by molar-refractivity contribution is 5.73. The van der Waals surface area contributed by atoms with Crippen molar-refractivity contribution in [1.29, 1.82) is 0 Å². The maximum Gasteiger partial charge on any atom is 0.325 e. The van der Waals surface area contributed by atoms with E-state index in [1.165, 1.54) is 17.2 Å². The first-order valence-electron chi connectivity index (χ1n) is 7.01. The number of nitrogens with one attached hydrogen (secondary N) is 2. The summed E-state index contributed by atoms with van der Waals surface area (Å²) in [5.74, 6) is 0. The fourth-order valence-corrected chi connectivity index (χ4v) is 2.72. The third-order valence-electron chi connectivity index (χ3n) is 3.78. The van der Waals surface area contributed by atoms with Crippen LogP contribution >= 0.6 is 0 Å². The highest BCUT2D eigenvalue weighted by atomic mass is 16.2. The number of rotatable bonds is 2. The van der Waals surface area contributed by atoms with Crippen molar-refractivity contribution in [3.63, 3.8) is 0 Å². The van der Waals surface area contributed by atoms with Crippen molar-refractivity contribution in [2.24, 2.45) is 0 Å². The lowest BCUT2D eigenvalue weighted by Gasteiger charge is -2.18. The van der Waals surface area contributed by atoms with Gasteiger partial charge in [0.1, 0.15) is 12.0 Å². The Hall–Kier alpha value is -2.97. The van der Waals surface area contributed by atoms with Crippen molar-refractivity contribution in [3.05, 3.63) is 39.4 Å². The third kappa shape index (κ3) is 1.98. The zero-order valence-electron chi connectivity index (χ0n) is 11.6. The highest BCUT2D eigenvalue weighted by Gasteiger charge is 2.19. The molecular weight excluding hydrogens is 286 g/mol. The molecule has 4 heterocycles. The molecule has 0 aliphatic carbocycles. The predicted octanol–water partition coefficient (Wildman–Crippen LogP) is -0.232. The average Bonchev–Trinajstić information content (AvgIpc) is 3.17. The zero-order valence-corrected chi connectivity index (χ0v) is 11.6. The van der Waals surface area contributed by atoms with E-state index < -0.39 is 11.2 Å². The summed E-state index contributed by atoms with van der Waals surface area (Å²) in [5.41, 5.74) is 1.25. The first-order valence-corrected chi connectivity index (χ1v) is 7.01. The minimum absolute atomic E-state index is 0.289. The number of hydrogen-bond donors (Lipinski definition) is 2. The summed E-state index contributed by atoms with van der Waals surface area (Å²) in [4.78, 5) is 34.2. The lowest BCUT2D eigenvalue weighted by Crippen LogP contribution is -2.24. The lowest BCUT2D eigenvalue weighted by molar-refractivity contribution is 0.797. The first-order chi connectivity index (χ1) is 10.7. The van der Waals surface area contributed by atoms with Gasteiger partial charge < -0.3 is 9.88 Å². The summed E-state index contributed by atoms with van der Waals surface area (Å²) < 4.78 is 1.41. The van der Waals surface area contributed by atoms with Gasteiger partial charge in [-0.15, -0.1) is 14.8 Å². The number of H-pyrrole nitrogens is 2. The van der Waals surface area contributed by atoms with Gasteiger partial charge in [0.05, 0.1) is 11.3 Å². The standard InChI is InChI=1S/C13H13N7O2/c21-12-8(6-14-13(22)17-12)9-5-10(19-3-1-2-4-19)11-15-7-16-20(11)18-9/h5-7H,1-4H2,(H2,14,17,21,22). The van der Waals surface area contributed by atoms with Crippen molar-refractivity contribution in [2.45, 2.75) is 12.8 Å². The van der Waals surface area contributed by atoms with Crippen LogP contribution in [0.5, 0.6) is 0 Å². The topological polar surface area (TPSA) is 112 Å². The number of aromatic amines is 2. The van der Waals surface area contributed by atoms with E-state index >= 15 is 0 Å². The van der Waals surface area contributed by atoms with Gasteiger partial charge in [-0.25, -0.2) is 9.78 Å². The molecule has 1 aliphatic rings. The smallest absolute Gasteiger partial charge is 0.325 e. The molecule has 9 heteroatoms. The van der Waals surface area contributed by atoms with Crippen LogP contribution in [0.4, 0.5) is 5.69 Å². The fraction of sp³-hybridized carbons (Fsp3) is 0.308. The number of hydrogen-bond acceptors (Lipinski definition) is 6. The van der Waals surface area contributed by atoms with E-state index in [2.05, 4.69) is 30.0 Å². The van der Waals surface area contributed by atoms with Crippen molar-refractivity contribution in [2.75, 3.05) is 18.0 Å². The monoisotopic (exact) mass is 299 g/mol. The highest BCUT2D eigenvalue weighted by Crippen LogP contribution is 2.26. The molecule has 0 atom stereocenters. The van der Waals surface area contributed by atoms with Crippen LogP contribution in [-0.4, -0.2) is 42.9 Å². The van der Waals surface area contributed by atoms with E-state index in [0.29, 0.717) is 11.3 Å². The molecule has 2 N–H and O–H groups in total. The van der Waals surface area contributed by atoms with E-state index in [9.17, 15) is 9.59 Å². The van der Waals surface area contributed by atoms with Crippen molar-refractivity contribution >= 4 is 11.3 Å². The maximum atomic E-state index is 12.0. The van der Waals surface area contributed by atoms with Gasteiger partial charge in [-0.2, -0.15) is 0 Å². The largest absolute Gasteiger partial charge is 0.368 e. The molecule has 112 valence electrons. The minimum Gasteiger partial charge on any atom is -0.368 e. The molecule has 1 aliphatic heterocycles. The molecule has 0 saturated carbocycles. The van der Waals surface area contributed by atoms with Gasteiger partial charge in [-0.3, -0.25) is 9.78 Å². The number of anilines is 1. The SMILES string of the molecule is O=c1[nH]cc(-c2cc(N3CCCC3)c3ncnn3n2)c(=O)[nH]1. The van der Waals surface area contributed by atoms with Gasteiger partial charge in [0.25, 0.3) is 5.56 Å². The molecule has 22 heavy (non-hydrogen) atoms. The van der Waals surface area contributed by atoms with E-state index in [4.69, 9.17) is 0 Å². The Morgan fingerprint density at radius 3 is 2.77 bits per heavy atom. The Labute approximate surface area is 123 Å². The van der Waals surface area contributed by atoms with Crippen LogP contribution < -0.4 is 16.1 Å². The summed E-state index contributed by atoms with van der Waals surface area (Å²) in [6.45, 7) is 1.88. The van der Waals surface area contributed by atoms with E-state index in [1.54, 1.807) is 0 Å². The normalized spacial score (nSPS) is 14.8. The summed E-state index contributed by atoms with van der Waals surface area (Å²) >= 11 is 0. The van der Waals surface area contributed by atoms with Crippen LogP contribution in [-0.2, 0) is 0 Å². The Kier molecular flexibility index (Phi) is 2.78. The van der Waals surface area contributed by atoms with Gasteiger partial charge in [0, 0.05) is 19.3 Å². The quantitative estimate of drug-likeness (QED) is 0.676. The molecule has 0 radical (unpaired) electrons. The second kappa shape index (κ2) is 4.79. The van der Waals surface area contributed by atoms with Crippen molar-refractivity contribution < 1.29 is 0 Å². The first kappa shape index (κ1) is 12.7. The molecule has 0 amide bonds. The van der Waals surface area contributed by atoms with Crippen LogP contribution in [0.3, 0.4) is 0 Å². The van der Waals surface area contributed by atoms with Crippen LogP contribution in [0.1, 0.15) is 12.8 Å². The van der Waals surface area contributed by atoms with Crippen molar-refractivity contribution in [1.82, 2.24) is 29.8 Å². The molecule has 1 saturated heterocycles. The number of aromatic nitrogens is 6. The lowest BCUT2D eigenvalue weighted by atomic mass is 10.2. The fourth-order valence-electron chi connectivity index (χ4n) is 2.72. The van der Waals surface area contributed by atoms with Crippen LogP contribution in [0, 0.1) is 0 Å². The van der Waals surface area contributed by atoms with Gasteiger partial charge in [0.15, 0.2) is 5.65 Å². The summed E-state index contributed by atoms with van der Waals surface area (Å²) in [7, 11) is 0. The van der Waals surface area contributed by atoms with E-state index in [1.807, 2.05) is 6.07 Å². The van der Waals surface area contributed by atoms with Gasteiger partial charge >= 0.3 is 5.69 Å². The molecule has 3 aromatic heterocycles. The molecule has 0 aromatic carbocycles. The van der Waals surface area contributed by atoms with E-state index in [-0.39, 0.29) is 5.56 Å². The van der Waals surface area contributed by atoms with Crippen LogP contribution in [0.15, 0.2) is 28.2 Å². The maximum absolute atomic E-state index is 12.0. The molecule has 1 fully saturated rings. The number of fused-ring (bicyclic) bond motifs is 1. The summed E-state index contributed by atoms with van der Waals surface area (Å²) in [6.07, 6.45) is 5.04. The second-order valence-electron chi connectivity index (χ2n) is 5.17. The van der Waals surface area contributed by atoms with Gasteiger partial charge in [-0.1, -0.05) is 0 Å². The zero-order chi connectivity index (χ0) is 15.1. The predicted molar refractivity (Wildman–Crippen MR) is 78.9 cm³/mol. The van der Waals surface area contributed by atoms with Crippen molar-refractivity contribution in [3.8, 4) is 11.3 Å². The van der Waals surface area contributed by atoms with Crippen LogP contribution in [0.2, 0.25) is 0 Å². The molecule has 9 nitrogen and oxygen atoms in total. The molecule has 0 spiro atoms. The molecule has 4 rings (SSSR count). The Balaban J connectivity index is 1.94. The van der Waals surface area contributed by atoms with Gasteiger partial charge in [-0.05, 0) is 18.9 Å². The third-order valence-corrected chi connectivity index (χ3v) is 3.78. The van der Waals surface area contributed by atoms with E-state index in [0.717, 1.165) is 31.6 Å². The summed E-state index contributed by atoms with van der Waals surface area (Å²) in [6, 6.07) is 1.82.